The number of carbonyl (C=O) groups is 2. The number of hydrogen-bond donors (Lipinski definition) is 1. The van der Waals surface area contributed by atoms with Crippen molar-refractivity contribution in [3.8, 4) is 0 Å². The number of nitrogens with one attached hydrogen (secondary N) is 1. The maximum atomic E-state index is 14.4. The van der Waals surface area contributed by atoms with Gasteiger partial charge < -0.3 is 10.2 Å². The van der Waals surface area contributed by atoms with Crippen LogP contribution >= 0.6 is 15.9 Å². The highest BCUT2D eigenvalue weighted by Crippen LogP contribution is 2.27. The molecule has 0 radical (unpaired) electrons. The Hall–Kier alpha value is -3.95. The zero-order valence-corrected chi connectivity index (χ0v) is 26.5. The Labute approximate surface area is 262 Å². The second kappa shape index (κ2) is 15.5. The number of rotatable bonds is 14. The van der Waals surface area contributed by atoms with Gasteiger partial charge in [-0.1, -0.05) is 114 Å². The molecule has 0 bridgehead atoms. The van der Waals surface area contributed by atoms with Crippen LogP contribution in [-0.4, -0.2) is 44.3 Å². The number of benzene rings is 4. The van der Waals surface area contributed by atoms with Crippen molar-refractivity contribution in [1.29, 1.82) is 0 Å². The van der Waals surface area contributed by atoms with E-state index < -0.39 is 28.5 Å². The molecule has 0 saturated carbocycles. The lowest BCUT2D eigenvalue weighted by molar-refractivity contribution is -0.140. The quantitative estimate of drug-likeness (QED) is 0.163. The van der Waals surface area contributed by atoms with E-state index in [1.165, 1.54) is 17.0 Å². The van der Waals surface area contributed by atoms with Crippen molar-refractivity contribution in [2.24, 2.45) is 0 Å². The summed E-state index contributed by atoms with van der Waals surface area (Å²) >= 11 is 3.43. The van der Waals surface area contributed by atoms with Gasteiger partial charge >= 0.3 is 0 Å². The molecule has 4 aromatic rings. The fraction of sp³-hybridized carbons (Fsp3) is 0.235. The van der Waals surface area contributed by atoms with Crippen LogP contribution in [0.25, 0.3) is 0 Å². The molecule has 1 atom stereocenters. The molecule has 9 heteroatoms. The Bertz CT molecular complexity index is 1590. The second-order valence-corrected chi connectivity index (χ2v) is 12.9. The van der Waals surface area contributed by atoms with Gasteiger partial charge in [0.25, 0.3) is 10.0 Å². The summed E-state index contributed by atoms with van der Waals surface area (Å²) < 4.78 is 29.8. The molecule has 0 aliphatic carbocycles. The molecular formula is C34H36BrN3O4S. The van der Waals surface area contributed by atoms with E-state index in [9.17, 15) is 18.0 Å². The van der Waals surface area contributed by atoms with E-state index >= 15 is 0 Å². The van der Waals surface area contributed by atoms with Gasteiger partial charge in [0.1, 0.15) is 12.6 Å². The molecule has 43 heavy (non-hydrogen) atoms. The highest BCUT2D eigenvalue weighted by atomic mass is 79.9. The first-order chi connectivity index (χ1) is 20.8. The van der Waals surface area contributed by atoms with Gasteiger partial charge in [-0.2, -0.15) is 0 Å². The van der Waals surface area contributed by atoms with Gasteiger partial charge in [-0.05, 0) is 47.9 Å². The molecule has 0 heterocycles. The summed E-state index contributed by atoms with van der Waals surface area (Å²) in [6.07, 6.45) is 2.00. The van der Waals surface area contributed by atoms with Gasteiger partial charge in [-0.15, -0.1) is 0 Å². The summed E-state index contributed by atoms with van der Waals surface area (Å²) in [4.78, 5) is 29.7. The van der Waals surface area contributed by atoms with Crippen molar-refractivity contribution in [2.75, 3.05) is 17.4 Å². The van der Waals surface area contributed by atoms with E-state index in [0.717, 1.165) is 28.3 Å². The minimum atomic E-state index is -4.13. The van der Waals surface area contributed by atoms with Crippen LogP contribution in [0.4, 0.5) is 5.69 Å². The second-order valence-electron chi connectivity index (χ2n) is 10.2. The Balaban J connectivity index is 1.77. The number of amides is 2. The molecule has 0 aliphatic rings. The average Bonchev–Trinajstić information content (AvgIpc) is 3.03. The average molecular weight is 663 g/mol. The van der Waals surface area contributed by atoms with E-state index in [4.69, 9.17) is 0 Å². The number of carbonyl (C=O) groups excluding carboxylic acids is 2. The molecule has 1 N–H and O–H groups in total. The number of nitrogens with zero attached hydrogens (tertiary/aromatic N) is 2. The van der Waals surface area contributed by atoms with Crippen molar-refractivity contribution in [1.82, 2.24) is 10.2 Å². The van der Waals surface area contributed by atoms with Crippen molar-refractivity contribution < 1.29 is 18.0 Å². The summed E-state index contributed by atoms with van der Waals surface area (Å²) in [5, 5.41) is 3.00. The number of anilines is 1. The lowest BCUT2D eigenvalue weighted by Gasteiger charge is -2.34. The van der Waals surface area contributed by atoms with Crippen LogP contribution in [0.1, 0.15) is 30.9 Å². The van der Waals surface area contributed by atoms with Gasteiger partial charge in [-0.3, -0.25) is 13.9 Å². The van der Waals surface area contributed by atoms with Crippen molar-refractivity contribution in [3.05, 3.63) is 131 Å². The Kier molecular flexibility index (Phi) is 11.5. The third-order valence-electron chi connectivity index (χ3n) is 7.00. The molecule has 4 rings (SSSR count). The summed E-state index contributed by atoms with van der Waals surface area (Å²) in [5.74, 6) is -0.767. The van der Waals surface area contributed by atoms with Gasteiger partial charge in [-0.25, -0.2) is 8.42 Å². The largest absolute Gasteiger partial charge is 0.354 e. The maximum absolute atomic E-state index is 14.4. The number of sulfonamides is 1. The first-order valence-corrected chi connectivity index (χ1v) is 16.5. The first kappa shape index (κ1) is 32.0. The predicted octanol–water partition coefficient (Wildman–Crippen LogP) is 6.20. The standard InChI is InChI=1S/C34H36BrN3O4S/c1-2-3-22-36-34(40)32(23-27-14-7-4-8-15-27)37(25-28-16-9-5-10-17-28)33(39)26-38(30-19-13-18-29(35)24-30)43(41,42)31-20-11-6-12-21-31/h4-21,24,32H,2-3,22-23,25-26H2,1H3,(H,36,40)/t32-/m0/s1. The van der Waals surface area contributed by atoms with Crippen LogP contribution in [0.5, 0.6) is 0 Å². The molecule has 0 aromatic heterocycles. The van der Waals surface area contributed by atoms with E-state index in [1.807, 2.05) is 67.6 Å². The van der Waals surface area contributed by atoms with E-state index in [2.05, 4.69) is 21.2 Å². The SMILES string of the molecule is CCCCNC(=O)[C@H](Cc1ccccc1)N(Cc1ccccc1)C(=O)CN(c1cccc(Br)c1)S(=O)(=O)c1ccccc1. The lowest BCUT2D eigenvalue weighted by Crippen LogP contribution is -2.53. The van der Waals surface area contributed by atoms with Crippen LogP contribution in [-0.2, 0) is 32.6 Å². The van der Waals surface area contributed by atoms with Crippen LogP contribution in [0, 0.1) is 0 Å². The molecule has 0 saturated heterocycles. The van der Waals surface area contributed by atoms with Crippen LogP contribution in [0.3, 0.4) is 0 Å². The smallest absolute Gasteiger partial charge is 0.264 e. The first-order valence-electron chi connectivity index (χ1n) is 14.3. The highest BCUT2D eigenvalue weighted by Gasteiger charge is 2.34. The Morgan fingerprint density at radius 2 is 1.42 bits per heavy atom. The Morgan fingerprint density at radius 3 is 2.02 bits per heavy atom. The molecule has 0 spiro atoms. The molecule has 4 aromatic carbocycles. The third-order valence-corrected chi connectivity index (χ3v) is 9.28. The summed E-state index contributed by atoms with van der Waals surface area (Å²) in [6, 6.07) is 32.9. The van der Waals surface area contributed by atoms with Gasteiger partial charge in [0.15, 0.2) is 0 Å². The fourth-order valence-corrected chi connectivity index (χ4v) is 6.53. The molecule has 2 amide bonds. The molecular weight excluding hydrogens is 626 g/mol. The van der Waals surface area contributed by atoms with E-state index in [1.54, 1.807) is 42.5 Å². The zero-order valence-electron chi connectivity index (χ0n) is 24.1. The van der Waals surface area contributed by atoms with Crippen LogP contribution < -0.4 is 9.62 Å². The highest BCUT2D eigenvalue weighted by molar-refractivity contribution is 9.10. The number of hydrogen-bond acceptors (Lipinski definition) is 4. The van der Waals surface area contributed by atoms with Crippen molar-refractivity contribution in [2.45, 2.75) is 43.7 Å². The minimum Gasteiger partial charge on any atom is -0.354 e. The topological polar surface area (TPSA) is 86.8 Å². The van der Waals surface area contributed by atoms with Crippen molar-refractivity contribution >= 4 is 43.5 Å². The molecule has 0 unspecified atom stereocenters. The summed E-state index contributed by atoms with van der Waals surface area (Å²) in [5.41, 5.74) is 2.05. The zero-order chi connectivity index (χ0) is 30.7. The Morgan fingerprint density at radius 1 is 0.814 bits per heavy atom. The van der Waals surface area contributed by atoms with Gasteiger partial charge in [0.2, 0.25) is 11.8 Å². The van der Waals surface area contributed by atoms with E-state index in [0.29, 0.717) is 16.7 Å². The molecule has 0 aliphatic heterocycles. The fourth-order valence-electron chi connectivity index (χ4n) is 4.72. The van der Waals surface area contributed by atoms with Gasteiger partial charge in [0.05, 0.1) is 10.6 Å². The van der Waals surface area contributed by atoms with E-state index in [-0.39, 0.29) is 23.8 Å². The van der Waals surface area contributed by atoms with Crippen LogP contribution in [0.15, 0.2) is 125 Å². The lowest BCUT2D eigenvalue weighted by atomic mass is 10.0. The molecule has 7 nitrogen and oxygen atoms in total. The monoisotopic (exact) mass is 661 g/mol. The van der Waals surface area contributed by atoms with Gasteiger partial charge in [0, 0.05) is 24.0 Å². The number of halogens is 1. The third kappa shape index (κ3) is 8.78. The number of unbranched alkanes of at least 4 members (excludes halogenated alkanes) is 1. The molecule has 224 valence electrons. The molecule has 0 fully saturated rings. The minimum absolute atomic E-state index is 0.0653. The van der Waals surface area contributed by atoms with Crippen molar-refractivity contribution in [3.63, 3.8) is 0 Å². The summed E-state index contributed by atoms with van der Waals surface area (Å²) in [7, 11) is -4.13. The predicted molar refractivity (Wildman–Crippen MR) is 174 cm³/mol. The summed E-state index contributed by atoms with van der Waals surface area (Å²) in [6.45, 7) is 2.17. The normalized spacial score (nSPS) is 11.9. The van der Waals surface area contributed by atoms with Crippen LogP contribution in [0.2, 0.25) is 0 Å². The maximum Gasteiger partial charge on any atom is 0.264 e.